The Kier molecular flexibility index (Phi) is 5.08. The Balaban J connectivity index is 2.82. The van der Waals surface area contributed by atoms with Gasteiger partial charge in [0.05, 0.1) is 29.4 Å². The summed E-state index contributed by atoms with van der Waals surface area (Å²) < 4.78 is 10.9. The first-order valence-corrected chi connectivity index (χ1v) is 6.12. The number of benzene rings is 1. The van der Waals surface area contributed by atoms with Gasteiger partial charge in [-0.15, -0.1) is 0 Å². The van der Waals surface area contributed by atoms with E-state index in [0.29, 0.717) is 29.9 Å². The van der Waals surface area contributed by atoms with Crippen molar-refractivity contribution in [3.63, 3.8) is 0 Å². The van der Waals surface area contributed by atoms with Crippen molar-refractivity contribution < 1.29 is 14.3 Å². The molecule has 0 amide bonds. The zero-order valence-electron chi connectivity index (χ0n) is 11.8. The summed E-state index contributed by atoms with van der Waals surface area (Å²) in [7, 11) is 1.65. The third-order valence-electron chi connectivity index (χ3n) is 3.00. The molecule has 0 aliphatic carbocycles. The standard InChI is InChI=1S/C15H19NO3/c1-11(17)13-6-5-12(10-16)9-14(13)19-8-7-15(2,3)18-4/h5-6,9H,7-8H2,1-4H3. The number of methoxy groups -OCH3 is 1. The van der Waals surface area contributed by atoms with Gasteiger partial charge in [0.1, 0.15) is 5.75 Å². The van der Waals surface area contributed by atoms with E-state index in [1.807, 2.05) is 19.9 Å². The van der Waals surface area contributed by atoms with E-state index in [2.05, 4.69) is 0 Å². The van der Waals surface area contributed by atoms with Crippen LogP contribution in [0.5, 0.6) is 5.75 Å². The maximum Gasteiger partial charge on any atom is 0.163 e. The van der Waals surface area contributed by atoms with Crippen molar-refractivity contribution >= 4 is 5.78 Å². The van der Waals surface area contributed by atoms with Gasteiger partial charge in [0.25, 0.3) is 0 Å². The molecule has 0 fully saturated rings. The van der Waals surface area contributed by atoms with Gasteiger partial charge in [-0.25, -0.2) is 0 Å². The molecule has 19 heavy (non-hydrogen) atoms. The van der Waals surface area contributed by atoms with Crippen molar-refractivity contribution in [1.82, 2.24) is 0 Å². The molecule has 4 nitrogen and oxygen atoms in total. The molecule has 1 aromatic carbocycles. The van der Waals surface area contributed by atoms with Gasteiger partial charge in [-0.3, -0.25) is 4.79 Å². The Labute approximate surface area is 113 Å². The summed E-state index contributed by atoms with van der Waals surface area (Å²) in [6.45, 7) is 5.84. The summed E-state index contributed by atoms with van der Waals surface area (Å²) in [6.07, 6.45) is 0.692. The third-order valence-corrected chi connectivity index (χ3v) is 3.00. The summed E-state index contributed by atoms with van der Waals surface area (Å²) in [5, 5.41) is 8.87. The minimum absolute atomic E-state index is 0.0782. The lowest BCUT2D eigenvalue weighted by Gasteiger charge is -2.23. The number of carbonyl (C=O) groups is 1. The summed E-state index contributed by atoms with van der Waals surface area (Å²) in [5.41, 5.74) is 0.698. The highest BCUT2D eigenvalue weighted by molar-refractivity contribution is 5.97. The predicted octanol–water partition coefficient (Wildman–Crippen LogP) is 2.95. The molecular weight excluding hydrogens is 242 g/mol. The fraction of sp³-hybridized carbons (Fsp3) is 0.467. The lowest BCUT2D eigenvalue weighted by Crippen LogP contribution is -2.25. The molecule has 1 aromatic rings. The summed E-state index contributed by atoms with van der Waals surface area (Å²) in [4.78, 5) is 11.5. The van der Waals surface area contributed by atoms with Crippen LogP contribution in [0.4, 0.5) is 0 Å². The minimum Gasteiger partial charge on any atom is -0.493 e. The van der Waals surface area contributed by atoms with E-state index >= 15 is 0 Å². The van der Waals surface area contributed by atoms with Crippen LogP contribution in [-0.4, -0.2) is 25.1 Å². The van der Waals surface area contributed by atoms with Gasteiger partial charge in [-0.2, -0.15) is 5.26 Å². The molecule has 0 saturated heterocycles. The number of hydrogen-bond acceptors (Lipinski definition) is 4. The van der Waals surface area contributed by atoms with Crippen molar-refractivity contribution in [1.29, 1.82) is 5.26 Å². The van der Waals surface area contributed by atoms with E-state index in [1.54, 1.807) is 25.3 Å². The SMILES string of the molecule is COC(C)(C)CCOc1cc(C#N)ccc1C(C)=O. The smallest absolute Gasteiger partial charge is 0.163 e. The van der Waals surface area contributed by atoms with Gasteiger partial charge in [0.2, 0.25) is 0 Å². The fourth-order valence-electron chi connectivity index (χ4n) is 1.51. The van der Waals surface area contributed by atoms with Crippen LogP contribution in [0.25, 0.3) is 0 Å². The first-order valence-electron chi connectivity index (χ1n) is 6.12. The Bertz CT molecular complexity index is 501. The zero-order chi connectivity index (χ0) is 14.5. The predicted molar refractivity (Wildman–Crippen MR) is 72.4 cm³/mol. The summed E-state index contributed by atoms with van der Waals surface area (Å²) >= 11 is 0. The Morgan fingerprint density at radius 2 is 2.11 bits per heavy atom. The van der Waals surface area contributed by atoms with Gasteiger partial charge in [-0.05, 0) is 39.0 Å². The molecule has 1 rings (SSSR count). The minimum atomic E-state index is -0.275. The Hall–Kier alpha value is -1.86. The number of hydrogen-bond donors (Lipinski definition) is 0. The summed E-state index contributed by atoms with van der Waals surface area (Å²) in [5.74, 6) is 0.379. The third kappa shape index (κ3) is 4.38. The highest BCUT2D eigenvalue weighted by atomic mass is 16.5. The molecule has 0 aliphatic rings. The molecular formula is C15H19NO3. The van der Waals surface area contributed by atoms with Crippen LogP contribution in [-0.2, 0) is 4.74 Å². The van der Waals surface area contributed by atoms with E-state index in [9.17, 15) is 4.79 Å². The van der Waals surface area contributed by atoms with Crippen molar-refractivity contribution in [2.24, 2.45) is 0 Å². The van der Waals surface area contributed by atoms with E-state index in [0.717, 1.165) is 0 Å². The van der Waals surface area contributed by atoms with Gasteiger partial charge in [0.15, 0.2) is 5.78 Å². The van der Waals surface area contributed by atoms with Crippen LogP contribution < -0.4 is 4.74 Å². The van der Waals surface area contributed by atoms with Crippen LogP contribution >= 0.6 is 0 Å². The van der Waals surface area contributed by atoms with Crippen LogP contribution in [0, 0.1) is 11.3 Å². The quantitative estimate of drug-likeness (QED) is 0.739. The van der Waals surface area contributed by atoms with Crippen molar-refractivity contribution in [3.05, 3.63) is 29.3 Å². The van der Waals surface area contributed by atoms with Crippen LogP contribution in [0.3, 0.4) is 0 Å². The fourth-order valence-corrected chi connectivity index (χ4v) is 1.51. The molecule has 0 spiro atoms. The molecule has 0 heterocycles. The van der Waals surface area contributed by atoms with Crippen molar-refractivity contribution in [2.45, 2.75) is 32.8 Å². The van der Waals surface area contributed by atoms with E-state index in [1.165, 1.54) is 6.92 Å². The maximum absolute atomic E-state index is 11.5. The normalized spacial score (nSPS) is 10.9. The van der Waals surface area contributed by atoms with E-state index in [-0.39, 0.29) is 11.4 Å². The maximum atomic E-state index is 11.5. The summed E-state index contributed by atoms with van der Waals surface area (Å²) in [6, 6.07) is 6.87. The van der Waals surface area contributed by atoms with Crippen molar-refractivity contribution in [3.8, 4) is 11.8 Å². The molecule has 0 saturated carbocycles. The number of ether oxygens (including phenoxy) is 2. The molecule has 0 bridgehead atoms. The van der Waals surface area contributed by atoms with Crippen LogP contribution in [0.1, 0.15) is 43.1 Å². The number of nitrogens with zero attached hydrogens (tertiary/aromatic N) is 1. The van der Waals surface area contributed by atoms with E-state index in [4.69, 9.17) is 14.7 Å². The lowest BCUT2D eigenvalue weighted by atomic mass is 10.1. The molecule has 0 atom stereocenters. The Morgan fingerprint density at radius 1 is 1.42 bits per heavy atom. The average molecular weight is 261 g/mol. The average Bonchev–Trinajstić information content (AvgIpc) is 2.38. The number of carbonyl (C=O) groups excluding carboxylic acids is 1. The molecule has 0 aromatic heterocycles. The topological polar surface area (TPSA) is 59.3 Å². The zero-order valence-corrected chi connectivity index (χ0v) is 11.8. The number of ketones is 1. The molecule has 0 N–H and O–H groups in total. The number of nitriles is 1. The van der Waals surface area contributed by atoms with Gasteiger partial charge >= 0.3 is 0 Å². The number of rotatable bonds is 6. The highest BCUT2D eigenvalue weighted by Crippen LogP contribution is 2.22. The van der Waals surface area contributed by atoms with Gasteiger partial charge in [-0.1, -0.05) is 0 Å². The second-order valence-electron chi connectivity index (χ2n) is 4.94. The Morgan fingerprint density at radius 3 is 2.63 bits per heavy atom. The molecule has 0 aliphatic heterocycles. The molecule has 102 valence electrons. The van der Waals surface area contributed by atoms with Crippen LogP contribution in [0.2, 0.25) is 0 Å². The van der Waals surface area contributed by atoms with Gasteiger partial charge < -0.3 is 9.47 Å². The van der Waals surface area contributed by atoms with Gasteiger partial charge in [0, 0.05) is 13.5 Å². The number of Topliss-reactive ketones (excluding diaryl/α,β-unsaturated/α-hetero) is 1. The van der Waals surface area contributed by atoms with E-state index < -0.39 is 0 Å². The highest BCUT2D eigenvalue weighted by Gasteiger charge is 2.17. The molecule has 0 unspecified atom stereocenters. The largest absolute Gasteiger partial charge is 0.493 e. The second kappa shape index (κ2) is 6.35. The molecule has 4 heteroatoms. The first kappa shape index (κ1) is 15.2. The van der Waals surface area contributed by atoms with Crippen LogP contribution in [0.15, 0.2) is 18.2 Å². The van der Waals surface area contributed by atoms with Crippen molar-refractivity contribution in [2.75, 3.05) is 13.7 Å². The lowest BCUT2D eigenvalue weighted by molar-refractivity contribution is 0.00541. The monoisotopic (exact) mass is 261 g/mol. The molecule has 0 radical (unpaired) electrons. The first-order chi connectivity index (χ1) is 8.89. The second-order valence-corrected chi connectivity index (χ2v) is 4.94.